The molecule has 1 aliphatic heterocycles. The first-order valence-corrected chi connectivity index (χ1v) is 8.73. The van der Waals surface area contributed by atoms with Gasteiger partial charge in [0.25, 0.3) is 0 Å². The molecular weight excluding hydrogens is 335 g/mol. The van der Waals surface area contributed by atoms with E-state index >= 15 is 0 Å². The lowest BCUT2D eigenvalue weighted by molar-refractivity contribution is -0.137. The molecule has 1 aromatic carbocycles. The van der Waals surface area contributed by atoms with Gasteiger partial charge in [0.05, 0.1) is 16.6 Å². The molecule has 1 saturated heterocycles. The Balaban J connectivity index is 1.52. The highest BCUT2D eigenvalue weighted by atomic mass is 32.1. The van der Waals surface area contributed by atoms with E-state index < -0.39 is 11.7 Å². The molecular formula is C17H16F3N3S. The number of fused-ring (bicyclic) bond motifs is 1. The molecule has 24 heavy (non-hydrogen) atoms. The quantitative estimate of drug-likeness (QED) is 0.746. The van der Waals surface area contributed by atoms with Crippen LogP contribution in [-0.2, 0) is 12.7 Å². The van der Waals surface area contributed by atoms with Crippen LogP contribution in [0, 0.1) is 0 Å². The van der Waals surface area contributed by atoms with Crippen molar-refractivity contribution in [1.82, 2.24) is 14.9 Å². The van der Waals surface area contributed by atoms with Crippen molar-refractivity contribution in [2.75, 3.05) is 13.1 Å². The van der Waals surface area contributed by atoms with Crippen molar-refractivity contribution in [3.05, 3.63) is 52.0 Å². The third kappa shape index (κ3) is 3.06. The first-order chi connectivity index (χ1) is 11.5. The molecule has 0 saturated carbocycles. The van der Waals surface area contributed by atoms with E-state index in [1.54, 1.807) is 11.3 Å². The zero-order valence-corrected chi connectivity index (χ0v) is 13.6. The van der Waals surface area contributed by atoms with Gasteiger partial charge in [0, 0.05) is 19.0 Å². The average molecular weight is 351 g/mol. The molecule has 126 valence electrons. The second-order valence-corrected chi connectivity index (χ2v) is 6.98. The Hall–Kier alpha value is -1.86. The Morgan fingerprint density at radius 3 is 2.92 bits per heavy atom. The molecule has 1 unspecified atom stereocenters. The van der Waals surface area contributed by atoms with E-state index in [1.807, 2.05) is 0 Å². The van der Waals surface area contributed by atoms with Crippen LogP contribution in [-0.4, -0.2) is 28.0 Å². The highest BCUT2D eigenvalue weighted by molar-refractivity contribution is 7.07. The third-order valence-corrected chi connectivity index (χ3v) is 5.20. The van der Waals surface area contributed by atoms with Gasteiger partial charge in [0.15, 0.2) is 0 Å². The Kier molecular flexibility index (Phi) is 3.85. The van der Waals surface area contributed by atoms with E-state index in [2.05, 4.69) is 31.7 Å². The van der Waals surface area contributed by atoms with Gasteiger partial charge in [-0.25, -0.2) is 4.98 Å². The van der Waals surface area contributed by atoms with E-state index in [4.69, 9.17) is 0 Å². The van der Waals surface area contributed by atoms with Gasteiger partial charge in [-0.1, -0.05) is 0 Å². The number of H-pyrrole nitrogens is 1. The average Bonchev–Trinajstić information content (AvgIpc) is 3.25. The molecule has 1 fully saturated rings. The number of rotatable bonds is 3. The van der Waals surface area contributed by atoms with Gasteiger partial charge in [0.2, 0.25) is 0 Å². The number of benzene rings is 1. The minimum atomic E-state index is -4.33. The van der Waals surface area contributed by atoms with Crippen LogP contribution < -0.4 is 0 Å². The summed E-state index contributed by atoms with van der Waals surface area (Å²) in [6.07, 6.45) is -3.36. The van der Waals surface area contributed by atoms with Crippen molar-refractivity contribution in [3.8, 4) is 0 Å². The maximum atomic E-state index is 12.8. The molecule has 3 aromatic rings. The number of nitrogens with zero attached hydrogens (tertiary/aromatic N) is 2. The van der Waals surface area contributed by atoms with Gasteiger partial charge in [-0.05, 0) is 53.6 Å². The van der Waals surface area contributed by atoms with E-state index in [9.17, 15) is 13.2 Å². The van der Waals surface area contributed by atoms with Crippen molar-refractivity contribution in [1.29, 1.82) is 0 Å². The lowest BCUT2D eigenvalue weighted by atomic mass is 10.1. The largest absolute Gasteiger partial charge is 0.416 e. The molecule has 0 aliphatic carbocycles. The minimum Gasteiger partial charge on any atom is -0.342 e. The fraction of sp³-hybridized carbons (Fsp3) is 0.353. The van der Waals surface area contributed by atoms with Crippen molar-refractivity contribution in [2.45, 2.75) is 25.1 Å². The van der Waals surface area contributed by atoms with Crippen LogP contribution in [0.2, 0.25) is 0 Å². The summed E-state index contributed by atoms with van der Waals surface area (Å²) in [4.78, 5) is 9.96. The smallest absolute Gasteiger partial charge is 0.342 e. The standard InChI is InChI=1S/C17H16F3N3S/c18-17(19,20)13-1-2-14-15(7-13)22-16(21-14)12-3-5-23(9-12)8-11-4-6-24-10-11/h1-2,4,6-7,10,12H,3,5,8-9H2,(H,21,22). The molecule has 1 aliphatic rings. The van der Waals surface area contributed by atoms with Crippen LogP contribution in [0.4, 0.5) is 13.2 Å². The first-order valence-electron chi connectivity index (χ1n) is 7.79. The van der Waals surface area contributed by atoms with E-state index in [-0.39, 0.29) is 5.92 Å². The molecule has 0 bridgehead atoms. The number of aromatic amines is 1. The van der Waals surface area contributed by atoms with Crippen LogP contribution >= 0.6 is 11.3 Å². The van der Waals surface area contributed by atoms with E-state index in [1.165, 1.54) is 11.6 Å². The van der Waals surface area contributed by atoms with Crippen molar-refractivity contribution in [3.63, 3.8) is 0 Å². The molecule has 0 spiro atoms. The number of hydrogen-bond donors (Lipinski definition) is 1. The number of hydrogen-bond acceptors (Lipinski definition) is 3. The zero-order valence-electron chi connectivity index (χ0n) is 12.8. The lowest BCUT2D eigenvalue weighted by Crippen LogP contribution is -2.19. The summed E-state index contributed by atoms with van der Waals surface area (Å²) in [6, 6.07) is 5.79. The Morgan fingerprint density at radius 2 is 2.17 bits per heavy atom. The number of likely N-dealkylation sites (tertiary alicyclic amines) is 1. The summed E-state index contributed by atoms with van der Waals surface area (Å²) in [5.74, 6) is 1.03. The third-order valence-electron chi connectivity index (χ3n) is 4.47. The molecule has 0 radical (unpaired) electrons. The Morgan fingerprint density at radius 1 is 1.29 bits per heavy atom. The second kappa shape index (κ2) is 5.89. The van der Waals surface area contributed by atoms with Crippen LogP contribution in [0.25, 0.3) is 11.0 Å². The van der Waals surface area contributed by atoms with Gasteiger partial charge in [-0.3, -0.25) is 4.90 Å². The van der Waals surface area contributed by atoms with Gasteiger partial charge < -0.3 is 4.98 Å². The zero-order chi connectivity index (χ0) is 16.7. The van der Waals surface area contributed by atoms with Crippen LogP contribution in [0.5, 0.6) is 0 Å². The number of imidazole rings is 1. The molecule has 2 aromatic heterocycles. The Labute approximate surface area is 141 Å². The predicted octanol–water partition coefficient (Wildman–Crippen LogP) is 4.63. The van der Waals surface area contributed by atoms with Crippen LogP contribution in [0.15, 0.2) is 35.0 Å². The fourth-order valence-corrected chi connectivity index (χ4v) is 3.90. The highest BCUT2D eigenvalue weighted by Crippen LogP contribution is 2.32. The number of alkyl halides is 3. The molecule has 4 rings (SSSR count). The molecule has 3 heterocycles. The highest BCUT2D eigenvalue weighted by Gasteiger charge is 2.31. The summed E-state index contributed by atoms with van der Waals surface area (Å²) in [6.45, 7) is 2.77. The summed E-state index contributed by atoms with van der Waals surface area (Å²) in [5.41, 5.74) is 1.71. The summed E-state index contributed by atoms with van der Waals surface area (Å²) in [7, 11) is 0. The van der Waals surface area contributed by atoms with Crippen LogP contribution in [0.1, 0.15) is 29.3 Å². The van der Waals surface area contributed by atoms with E-state index in [0.717, 1.165) is 44.0 Å². The molecule has 0 amide bonds. The summed E-state index contributed by atoms with van der Waals surface area (Å²) in [5, 5.41) is 4.22. The normalized spacial score (nSPS) is 19.4. The lowest BCUT2D eigenvalue weighted by Gasteiger charge is -2.14. The number of thiophene rings is 1. The fourth-order valence-electron chi connectivity index (χ4n) is 3.24. The summed E-state index contributed by atoms with van der Waals surface area (Å²) >= 11 is 1.69. The maximum absolute atomic E-state index is 12.8. The number of aromatic nitrogens is 2. The van der Waals surface area contributed by atoms with Crippen molar-refractivity contribution >= 4 is 22.4 Å². The Bertz CT molecular complexity index is 839. The maximum Gasteiger partial charge on any atom is 0.416 e. The second-order valence-electron chi connectivity index (χ2n) is 6.20. The van der Waals surface area contributed by atoms with Gasteiger partial charge in [0.1, 0.15) is 5.82 Å². The number of nitrogens with one attached hydrogen (secondary N) is 1. The topological polar surface area (TPSA) is 31.9 Å². The van der Waals surface area contributed by atoms with Gasteiger partial charge in [-0.2, -0.15) is 24.5 Å². The SMILES string of the molecule is FC(F)(F)c1ccc2nc(C3CCN(Cc4ccsc4)C3)[nH]c2c1. The van der Waals surface area contributed by atoms with Crippen molar-refractivity contribution < 1.29 is 13.2 Å². The molecule has 7 heteroatoms. The monoisotopic (exact) mass is 351 g/mol. The van der Waals surface area contributed by atoms with Crippen LogP contribution in [0.3, 0.4) is 0 Å². The van der Waals surface area contributed by atoms with Crippen molar-refractivity contribution in [2.24, 2.45) is 0 Å². The van der Waals surface area contributed by atoms with E-state index in [0.29, 0.717) is 11.0 Å². The first kappa shape index (κ1) is 15.7. The van der Waals surface area contributed by atoms with Gasteiger partial charge in [-0.15, -0.1) is 0 Å². The molecule has 1 N–H and O–H groups in total. The predicted molar refractivity (Wildman–Crippen MR) is 88.0 cm³/mol. The number of halogens is 3. The summed E-state index contributed by atoms with van der Waals surface area (Å²) < 4.78 is 38.4. The minimum absolute atomic E-state index is 0.241. The molecule has 1 atom stereocenters. The van der Waals surface area contributed by atoms with Gasteiger partial charge >= 0.3 is 6.18 Å². The molecule has 3 nitrogen and oxygen atoms in total.